The molecule has 3 fully saturated rings. The molecule has 2 heterocycles. The minimum absolute atomic E-state index is 0.00574. The van der Waals surface area contributed by atoms with E-state index in [9.17, 15) is 14.4 Å². The van der Waals surface area contributed by atoms with Gasteiger partial charge in [-0.2, -0.15) is 0 Å². The Bertz CT molecular complexity index is 1040. The molecule has 1 amide bonds. The number of benzene rings is 1. The van der Waals surface area contributed by atoms with Gasteiger partial charge in [-0.3, -0.25) is 19.1 Å². The van der Waals surface area contributed by atoms with Crippen molar-refractivity contribution in [2.24, 2.45) is 30.7 Å². The molecular weight excluding hydrogens is 426 g/mol. The molecule has 1 aromatic heterocycles. The lowest BCUT2D eigenvalue weighted by molar-refractivity contribution is -0.145. The summed E-state index contributed by atoms with van der Waals surface area (Å²) in [7, 11) is 1.78. The molecule has 7 nitrogen and oxygen atoms in total. The largest absolute Gasteiger partial charge is 0.461 e. The number of fused-ring (bicyclic) bond motifs is 1. The van der Waals surface area contributed by atoms with Gasteiger partial charge in [0.2, 0.25) is 5.91 Å². The number of amides is 1. The van der Waals surface area contributed by atoms with Crippen LogP contribution in [-0.4, -0.2) is 32.2 Å². The third-order valence-corrected chi connectivity index (χ3v) is 7.83. The molecule has 1 N–H and O–H groups in total. The summed E-state index contributed by atoms with van der Waals surface area (Å²) < 4.78 is 8.72. The second kappa shape index (κ2) is 6.07. The first kappa shape index (κ1) is 17.7. The van der Waals surface area contributed by atoms with Crippen molar-refractivity contribution in [3.05, 3.63) is 46.4 Å². The number of ether oxygens (including phenoxy) is 1. The predicted molar refractivity (Wildman–Crippen MR) is 106 cm³/mol. The second-order valence-corrected chi connectivity index (χ2v) is 8.94. The van der Waals surface area contributed by atoms with Crippen LogP contribution >= 0.6 is 15.9 Å². The van der Waals surface area contributed by atoms with Gasteiger partial charge in [0.25, 0.3) is 5.56 Å². The Hall–Kier alpha value is -2.35. The number of nitrogens with one attached hydrogen (secondary N) is 1. The first-order valence-electron chi connectivity index (χ1n) is 9.39. The number of anilines is 1. The van der Waals surface area contributed by atoms with Gasteiger partial charge < -0.3 is 10.1 Å². The molecule has 1 aliphatic heterocycles. The highest BCUT2D eigenvalue weighted by Gasteiger charge is 2.67. The van der Waals surface area contributed by atoms with Gasteiger partial charge in [0.15, 0.2) is 0 Å². The maximum Gasteiger partial charge on any atom is 0.310 e. The van der Waals surface area contributed by atoms with Crippen LogP contribution in [0.4, 0.5) is 5.69 Å². The van der Waals surface area contributed by atoms with E-state index in [4.69, 9.17) is 4.74 Å². The van der Waals surface area contributed by atoms with E-state index < -0.39 is 11.8 Å². The van der Waals surface area contributed by atoms with E-state index in [2.05, 4.69) is 21.2 Å². The van der Waals surface area contributed by atoms with Crippen molar-refractivity contribution in [3.63, 3.8) is 0 Å². The molecule has 146 valence electrons. The Kier molecular flexibility index (Phi) is 3.84. The number of hydrogen-bond acceptors (Lipinski definition) is 4. The molecule has 6 atom stereocenters. The molecule has 1 aromatic carbocycles. The number of esters is 1. The monoisotopic (exact) mass is 445 g/mol. The minimum Gasteiger partial charge on any atom is -0.461 e. The zero-order valence-electron chi connectivity index (χ0n) is 15.5. The fourth-order valence-electron chi connectivity index (χ4n) is 5.25. The van der Waals surface area contributed by atoms with Crippen LogP contribution in [-0.2, 0) is 21.4 Å². The van der Waals surface area contributed by atoms with Gasteiger partial charge in [-0.25, -0.2) is 4.68 Å². The molecule has 8 heteroatoms. The van der Waals surface area contributed by atoms with Crippen molar-refractivity contribution >= 4 is 33.5 Å². The maximum absolute atomic E-state index is 13.1. The smallest absolute Gasteiger partial charge is 0.310 e. The summed E-state index contributed by atoms with van der Waals surface area (Å²) in [6, 6.07) is 9.28. The molecule has 2 aliphatic carbocycles. The summed E-state index contributed by atoms with van der Waals surface area (Å²) in [6.07, 6.45) is 0.678. The van der Waals surface area contributed by atoms with Gasteiger partial charge in [0.05, 0.1) is 28.0 Å². The molecular formula is C20H20BrN3O4. The third-order valence-electron chi connectivity index (χ3n) is 6.63. The fraction of sp³-hybridized carbons (Fsp3) is 0.450. The summed E-state index contributed by atoms with van der Waals surface area (Å²) in [6.45, 7) is 1.80. The highest BCUT2D eigenvalue weighted by atomic mass is 79.9. The molecule has 2 bridgehead atoms. The number of para-hydroxylation sites is 1. The lowest BCUT2D eigenvalue weighted by Crippen LogP contribution is -2.41. The quantitative estimate of drug-likeness (QED) is 0.578. The van der Waals surface area contributed by atoms with Crippen molar-refractivity contribution in [3.8, 4) is 5.69 Å². The Balaban J connectivity index is 1.49. The van der Waals surface area contributed by atoms with Crippen molar-refractivity contribution < 1.29 is 14.3 Å². The Morgan fingerprint density at radius 3 is 2.64 bits per heavy atom. The van der Waals surface area contributed by atoms with Gasteiger partial charge in [-0.1, -0.05) is 34.1 Å². The van der Waals surface area contributed by atoms with Crippen LogP contribution in [0.1, 0.15) is 12.1 Å². The van der Waals surface area contributed by atoms with Crippen molar-refractivity contribution in [2.45, 2.75) is 24.3 Å². The first-order chi connectivity index (χ1) is 13.4. The van der Waals surface area contributed by atoms with E-state index in [1.54, 1.807) is 18.7 Å². The minimum atomic E-state index is -0.468. The van der Waals surface area contributed by atoms with Gasteiger partial charge >= 0.3 is 5.97 Å². The molecule has 1 saturated heterocycles. The predicted octanol–water partition coefficient (Wildman–Crippen LogP) is 1.99. The highest BCUT2D eigenvalue weighted by Crippen LogP contribution is 2.60. The van der Waals surface area contributed by atoms with Gasteiger partial charge in [0, 0.05) is 13.0 Å². The molecule has 5 rings (SSSR count). The van der Waals surface area contributed by atoms with Crippen LogP contribution in [0.15, 0.2) is 35.1 Å². The number of carbonyl (C=O) groups excluding carboxylic acids is 2. The van der Waals surface area contributed by atoms with E-state index in [1.807, 2.05) is 30.3 Å². The zero-order valence-corrected chi connectivity index (χ0v) is 17.0. The Morgan fingerprint density at radius 1 is 1.21 bits per heavy atom. The third kappa shape index (κ3) is 2.24. The Labute approximate surface area is 169 Å². The van der Waals surface area contributed by atoms with Crippen molar-refractivity contribution in [1.82, 2.24) is 9.36 Å². The normalized spacial score (nSPS) is 32.6. The van der Waals surface area contributed by atoms with Crippen LogP contribution in [0, 0.1) is 30.6 Å². The molecule has 0 radical (unpaired) electrons. The summed E-state index contributed by atoms with van der Waals surface area (Å²) in [5, 5.41) is 2.84. The summed E-state index contributed by atoms with van der Waals surface area (Å²) in [5.41, 5.74) is 1.35. The second-order valence-electron chi connectivity index (χ2n) is 7.89. The number of nitrogens with zero attached hydrogens (tertiary/aromatic N) is 2. The van der Waals surface area contributed by atoms with E-state index in [1.165, 1.54) is 4.68 Å². The topological polar surface area (TPSA) is 82.3 Å². The lowest BCUT2D eigenvalue weighted by Gasteiger charge is -2.27. The standard InChI is InChI=1S/C20H20BrN3O4/c1-9-16(19(26)24(23(9)2)10-6-4-3-5-7-10)22-18(25)13-11-8-12-14(13)20(27)28-17(12)15(11)21/h3-7,11-15,17H,8H2,1-2H3,(H,22,25)/t11-,12-,13-,14+,15-,17+/m1/s1. The average molecular weight is 446 g/mol. The fourth-order valence-corrected chi connectivity index (χ4v) is 6.29. The first-order valence-corrected chi connectivity index (χ1v) is 10.3. The van der Waals surface area contributed by atoms with E-state index in [0.29, 0.717) is 5.69 Å². The molecule has 2 saturated carbocycles. The maximum atomic E-state index is 13.1. The van der Waals surface area contributed by atoms with Gasteiger partial charge in [-0.15, -0.1) is 0 Å². The van der Waals surface area contributed by atoms with Crippen molar-refractivity contribution in [1.29, 1.82) is 0 Å². The lowest BCUT2D eigenvalue weighted by atomic mass is 9.79. The average Bonchev–Trinajstić information content (AvgIpc) is 3.34. The van der Waals surface area contributed by atoms with E-state index in [-0.39, 0.29) is 45.9 Å². The van der Waals surface area contributed by atoms with Gasteiger partial charge in [-0.05, 0) is 31.4 Å². The Morgan fingerprint density at radius 2 is 1.93 bits per heavy atom. The molecule has 0 unspecified atom stereocenters. The number of rotatable bonds is 3. The van der Waals surface area contributed by atoms with E-state index in [0.717, 1.165) is 12.1 Å². The number of carbonyl (C=O) groups is 2. The van der Waals surface area contributed by atoms with Crippen LogP contribution < -0.4 is 10.9 Å². The number of halogens is 1. The number of hydrogen-bond donors (Lipinski definition) is 1. The number of alkyl halides is 1. The number of aromatic nitrogens is 2. The molecule has 3 aliphatic rings. The summed E-state index contributed by atoms with van der Waals surface area (Å²) in [5.74, 6) is -1.28. The van der Waals surface area contributed by atoms with Gasteiger partial charge in [0.1, 0.15) is 11.8 Å². The van der Waals surface area contributed by atoms with Crippen LogP contribution in [0.25, 0.3) is 5.69 Å². The van der Waals surface area contributed by atoms with Crippen LogP contribution in [0.2, 0.25) is 0 Å². The summed E-state index contributed by atoms with van der Waals surface area (Å²) >= 11 is 3.62. The highest BCUT2D eigenvalue weighted by molar-refractivity contribution is 9.09. The molecule has 28 heavy (non-hydrogen) atoms. The van der Waals surface area contributed by atoms with Crippen LogP contribution in [0.3, 0.4) is 0 Å². The van der Waals surface area contributed by atoms with Crippen LogP contribution in [0.5, 0.6) is 0 Å². The van der Waals surface area contributed by atoms with E-state index >= 15 is 0 Å². The molecule has 0 spiro atoms. The molecule has 2 aromatic rings. The zero-order chi connectivity index (χ0) is 19.7. The van der Waals surface area contributed by atoms with Crippen molar-refractivity contribution in [2.75, 3.05) is 5.32 Å². The SMILES string of the molecule is Cc1c(NC(=O)[C@@H]2[C@H]3C[C@H]4[C@H](OC(=O)[C@@H]42)[C@@H]3Br)c(=O)n(-c2ccccc2)n1C. The summed E-state index contributed by atoms with van der Waals surface area (Å²) in [4.78, 5) is 38.5.